The van der Waals surface area contributed by atoms with E-state index in [1.54, 1.807) is 30.3 Å². The van der Waals surface area contributed by atoms with Gasteiger partial charge in [-0.3, -0.25) is 4.79 Å². The van der Waals surface area contributed by atoms with E-state index in [0.717, 1.165) is 11.1 Å². The first-order valence-electron chi connectivity index (χ1n) is 13.1. The molecule has 4 nitrogen and oxygen atoms in total. The Morgan fingerprint density at radius 2 is 1.31 bits per heavy atom. The first-order chi connectivity index (χ1) is 17.9. The molecule has 0 heterocycles. The van der Waals surface area contributed by atoms with E-state index in [0.29, 0.717) is 22.0 Å². The van der Waals surface area contributed by atoms with Gasteiger partial charge in [0.2, 0.25) is 5.30 Å². The molecule has 206 valence electrons. The smallest absolute Gasteiger partial charge is 0.459 e. The third kappa shape index (κ3) is 6.18. The molecule has 0 N–H and O–H groups in total. The predicted molar refractivity (Wildman–Crippen MR) is 162 cm³/mol. The van der Waals surface area contributed by atoms with E-state index in [9.17, 15) is 14.2 Å². The minimum absolute atomic E-state index is 0.0818. The average Bonchev–Trinajstić information content (AvgIpc) is 2.84. The van der Waals surface area contributed by atoms with Gasteiger partial charge in [0.15, 0.2) is 5.78 Å². The number of hydrogen-bond acceptors (Lipinski definition) is 4. The monoisotopic (exact) mass is 565 g/mol. The van der Waals surface area contributed by atoms with E-state index in [1.165, 1.54) is 7.11 Å². The highest BCUT2D eigenvalue weighted by atomic mass is 35.5. The highest BCUT2D eigenvalue weighted by molar-refractivity contribution is 7.71. The van der Waals surface area contributed by atoms with Gasteiger partial charge in [0.05, 0.1) is 12.1 Å². The van der Waals surface area contributed by atoms with E-state index in [1.807, 2.05) is 65.8 Å². The summed E-state index contributed by atoms with van der Waals surface area (Å²) in [6.07, 6.45) is 0. The molecule has 0 aliphatic heterocycles. The van der Waals surface area contributed by atoms with Crippen LogP contribution < -0.4 is 10.0 Å². The number of rotatable bonds is 6. The average molecular weight is 566 g/mol. The van der Waals surface area contributed by atoms with Gasteiger partial charge in [-0.05, 0) is 40.0 Å². The molecule has 3 rings (SSSR count). The predicted octanol–water partition coefficient (Wildman–Crippen LogP) is 8.77. The van der Waals surface area contributed by atoms with Gasteiger partial charge in [0.1, 0.15) is 11.3 Å². The molecule has 1 unspecified atom stereocenters. The summed E-state index contributed by atoms with van der Waals surface area (Å²) in [5.74, 6) is 0.107. The Labute approximate surface area is 238 Å². The zero-order valence-electron chi connectivity index (χ0n) is 24.7. The lowest BCUT2D eigenvalue weighted by Gasteiger charge is -2.33. The molecular weight excluding hydrogens is 527 g/mol. The van der Waals surface area contributed by atoms with Gasteiger partial charge < -0.3 is 4.74 Å². The minimum Gasteiger partial charge on any atom is -0.496 e. The molecule has 0 aromatic heterocycles. The minimum atomic E-state index is -2.69. The lowest BCUT2D eigenvalue weighted by molar-refractivity contribution is 0.103. The molecule has 0 saturated carbocycles. The molecule has 1 atom stereocenters. The Kier molecular flexibility index (Phi) is 8.66. The fraction of sp³-hybridized carbons (Fsp3) is 0.394. The lowest BCUT2D eigenvalue weighted by Crippen LogP contribution is -2.35. The fourth-order valence-corrected chi connectivity index (χ4v) is 7.06. The first-order valence-corrected chi connectivity index (χ1v) is 14.7. The van der Waals surface area contributed by atoms with Crippen LogP contribution in [-0.4, -0.2) is 18.4 Å². The third-order valence-corrected chi connectivity index (χ3v) is 8.50. The molecule has 0 bridgehead atoms. The van der Waals surface area contributed by atoms with Crippen molar-refractivity contribution in [1.29, 1.82) is 0 Å². The summed E-state index contributed by atoms with van der Waals surface area (Å²) in [7, 11) is -1.24. The Hall–Kier alpha value is -2.81. The van der Waals surface area contributed by atoms with Gasteiger partial charge in [-0.2, -0.15) is 0 Å². The molecule has 0 aliphatic carbocycles. The van der Waals surface area contributed by atoms with Gasteiger partial charge >= 0.3 is 13.3 Å². The maximum Gasteiger partial charge on any atom is 0.459 e. The summed E-state index contributed by atoms with van der Waals surface area (Å²) in [5.41, 5.74) is 1.29. The molecule has 0 radical (unpaired) electrons. The van der Waals surface area contributed by atoms with Gasteiger partial charge in [-0.1, -0.05) is 115 Å². The normalized spacial score (nSPS) is 12.7. The van der Waals surface area contributed by atoms with Gasteiger partial charge in [-0.25, -0.2) is 4.79 Å². The van der Waals surface area contributed by atoms with E-state index >= 15 is 0 Å². The maximum atomic E-state index is 14.5. The molecule has 3 aromatic carbocycles. The van der Waals surface area contributed by atoms with Crippen LogP contribution in [0.4, 0.5) is 0 Å². The number of ether oxygens (including phenoxy) is 1. The second kappa shape index (κ2) is 11.0. The Morgan fingerprint density at radius 3 is 1.79 bits per heavy atom. The number of benzene rings is 3. The molecule has 6 heteroatoms. The van der Waals surface area contributed by atoms with Crippen LogP contribution in [0.3, 0.4) is 0 Å². The van der Waals surface area contributed by atoms with Crippen molar-refractivity contribution in [2.75, 3.05) is 7.11 Å². The Bertz CT molecular complexity index is 1440. The van der Waals surface area contributed by atoms with Gasteiger partial charge in [0.25, 0.3) is 0 Å². The fourth-order valence-electron chi connectivity index (χ4n) is 4.83. The van der Waals surface area contributed by atoms with Crippen molar-refractivity contribution in [3.63, 3.8) is 0 Å². The summed E-state index contributed by atoms with van der Waals surface area (Å²) in [5, 5.41) is 0.577. The van der Waals surface area contributed by atoms with Crippen LogP contribution in [0.25, 0.3) is 0 Å². The SMILES string of the molecule is COc1cccc(Cl)c1C(=O)[P+](=O)c1c(C(C)(C)C)cc(C(C)(C)C)c(C(=O)c2ccccc2)c1C(C)(C)C. The molecule has 0 aliphatic rings. The van der Waals surface area contributed by atoms with Gasteiger partial charge in [0, 0.05) is 22.3 Å². The molecule has 3 aromatic rings. The summed E-state index contributed by atoms with van der Waals surface area (Å²) < 4.78 is 20.0. The zero-order chi connectivity index (χ0) is 29.5. The maximum absolute atomic E-state index is 14.5. The van der Waals surface area contributed by atoms with Crippen molar-refractivity contribution >= 4 is 36.0 Å². The van der Waals surface area contributed by atoms with E-state index < -0.39 is 29.6 Å². The summed E-state index contributed by atoms with van der Waals surface area (Å²) in [6.45, 7) is 18.3. The summed E-state index contributed by atoms with van der Waals surface area (Å²) in [6, 6.07) is 16.0. The van der Waals surface area contributed by atoms with E-state index in [4.69, 9.17) is 16.3 Å². The van der Waals surface area contributed by atoms with Crippen LogP contribution in [0, 0.1) is 0 Å². The van der Waals surface area contributed by atoms with Crippen LogP contribution in [0.2, 0.25) is 5.02 Å². The van der Waals surface area contributed by atoms with Crippen LogP contribution in [0.5, 0.6) is 5.75 Å². The number of ketones is 1. The van der Waals surface area contributed by atoms with E-state index in [2.05, 4.69) is 20.8 Å². The van der Waals surface area contributed by atoms with Crippen molar-refractivity contribution in [3.8, 4) is 5.75 Å². The first kappa shape index (κ1) is 30.7. The summed E-state index contributed by atoms with van der Waals surface area (Å²) in [4.78, 5) is 28.3. The standard InChI is InChI=1S/C33H39ClO4P/c1-31(2,3)21-19-22(32(4,5)6)29(39(37)30(36)26-23(34)17-14-18-24(26)38-10)27(33(7,8)9)25(21)28(35)20-15-12-11-13-16-20/h11-19H,1-10H3/q+1. The zero-order valence-corrected chi connectivity index (χ0v) is 26.3. The van der Waals surface area contributed by atoms with Crippen LogP contribution >= 0.6 is 19.4 Å². The van der Waals surface area contributed by atoms with Crippen LogP contribution in [0.1, 0.15) is 105 Å². The molecule has 0 amide bonds. The molecule has 0 spiro atoms. The Balaban J connectivity index is 2.55. The lowest BCUT2D eigenvalue weighted by atomic mass is 9.70. The molecular formula is C33H39ClO4P+. The van der Waals surface area contributed by atoms with Crippen molar-refractivity contribution < 1.29 is 18.9 Å². The third-order valence-electron chi connectivity index (χ3n) is 6.73. The van der Waals surface area contributed by atoms with Crippen LogP contribution in [0.15, 0.2) is 54.6 Å². The van der Waals surface area contributed by atoms with Crippen molar-refractivity contribution in [3.05, 3.63) is 93.0 Å². The van der Waals surface area contributed by atoms with Crippen molar-refractivity contribution in [1.82, 2.24) is 0 Å². The Morgan fingerprint density at radius 1 is 0.744 bits per heavy atom. The summed E-state index contributed by atoms with van der Waals surface area (Å²) >= 11 is 6.46. The molecule has 39 heavy (non-hydrogen) atoms. The van der Waals surface area contributed by atoms with E-state index in [-0.39, 0.29) is 22.1 Å². The van der Waals surface area contributed by atoms with Crippen molar-refractivity contribution in [2.24, 2.45) is 0 Å². The number of carbonyl (C=O) groups is 2. The number of carbonyl (C=O) groups excluding carboxylic acids is 2. The second-order valence-corrected chi connectivity index (χ2v) is 14.8. The highest BCUT2D eigenvalue weighted by Crippen LogP contribution is 2.45. The quantitative estimate of drug-likeness (QED) is 0.221. The number of hydrogen-bond donors (Lipinski definition) is 0. The largest absolute Gasteiger partial charge is 0.496 e. The number of halogens is 1. The second-order valence-electron chi connectivity index (χ2n) is 12.9. The van der Waals surface area contributed by atoms with Crippen LogP contribution in [-0.2, 0) is 20.8 Å². The van der Waals surface area contributed by atoms with Crippen molar-refractivity contribution in [2.45, 2.75) is 78.6 Å². The molecule has 0 saturated heterocycles. The topological polar surface area (TPSA) is 60.4 Å². The van der Waals surface area contributed by atoms with Gasteiger partial charge in [-0.15, -0.1) is 0 Å². The highest BCUT2D eigenvalue weighted by Gasteiger charge is 2.47. The molecule has 0 fully saturated rings. The number of methoxy groups -OCH3 is 1.